The van der Waals surface area contributed by atoms with Crippen LogP contribution in [-0.4, -0.2) is 42.2 Å². The fraction of sp³-hybridized carbons (Fsp3) is 0.353. The summed E-state index contributed by atoms with van der Waals surface area (Å²) in [4.78, 5) is 16.3. The van der Waals surface area contributed by atoms with Crippen LogP contribution in [-0.2, 0) is 19.7 Å². The number of nitrogens with one attached hydrogen (secondary N) is 1. The summed E-state index contributed by atoms with van der Waals surface area (Å²) in [5.74, 6) is 1.11. The van der Waals surface area contributed by atoms with Crippen molar-refractivity contribution in [1.82, 2.24) is 35.1 Å². The quantitative estimate of drug-likeness (QED) is 0.581. The number of carbonyl (C=O) groups is 1. The van der Waals surface area contributed by atoms with E-state index in [0.29, 0.717) is 30.2 Å². The minimum Gasteiger partial charge on any atom is -0.486 e. The Bertz CT molecular complexity index is 829. The van der Waals surface area contributed by atoms with Crippen LogP contribution in [0.25, 0.3) is 0 Å². The van der Waals surface area contributed by atoms with E-state index in [1.807, 2.05) is 17.7 Å². The number of nitrogens with zero attached hydrogens (tertiary/aromatic N) is 6. The van der Waals surface area contributed by atoms with Gasteiger partial charge in [0, 0.05) is 37.6 Å². The van der Waals surface area contributed by atoms with Crippen molar-refractivity contribution in [3.63, 3.8) is 0 Å². The molecule has 0 atom stereocenters. The van der Waals surface area contributed by atoms with Gasteiger partial charge in [-0.2, -0.15) is 0 Å². The SMILES string of the molecule is CCn1nnnc1COc1cccc(C(=O)NCCCn2ccnc2)c1. The zero-order chi connectivity index (χ0) is 18.2. The van der Waals surface area contributed by atoms with Gasteiger partial charge in [-0.3, -0.25) is 4.79 Å². The van der Waals surface area contributed by atoms with Gasteiger partial charge in [0.1, 0.15) is 12.4 Å². The Balaban J connectivity index is 1.48. The molecule has 2 heterocycles. The maximum atomic E-state index is 12.3. The van der Waals surface area contributed by atoms with Gasteiger partial charge in [0.15, 0.2) is 5.82 Å². The monoisotopic (exact) mass is 355 g/mol. The van der Waals surface area contributed by atoms with Crippen LogP contribution in [0.1, 0.15) is 29.5 Å². The first kappa shape index (κ1) is 17.6. The molecule has 1 N–H and O–H groups in total. The second-order valence-corrected chi connectivity index (χ2v) is 5.64. The molecule has 0 saturated heterocycles. The number of aromatic nitrogens is 6. The van der Waals surface area contributed by atoms with Crippen LogP contribution in [0.4, 0.5) is 0 Å². The minimum absolute atomic E-state index is 0.125. The van der Waals surface area contributed by atoms with Crippen molar-refractivity contribution in [2.75, 3.05) is 6.54 Å². The zero-order valence-corrected chi connectivity index (χ0v) is 14.6. The summed E-state index contributed by atoms with van der Waals surface area (Å²) in [7, 11) is 0. The molecule has 0 aliphatic heterocycles. The third kappa shape index (κ3) is 4.65. The molecule has 0 unspecified atom stereocenters. The summed E-state index contributed by atoms with van der Waals surface area (Å²) in [6, 6.07) is 7.06. The van der Waals surface area contributed by atoms with Crippen LogP contribution in [0.15, 0.2) is 43.0 Å². The summed E-state index contributed by atoms with van der Waals surface area (Å²) >= 11 is 0. The van der Waals surface area contributed by atoms with Gasteiger partial charge in [0.25, 0.3) is 5.91 Å². The van der Waals surface area contributed by atoms with Crippen molar-refractivity contribution in [1.29, 1.82) is 0 Å². The van der Waals surface area contributed by atoms with Crippen LogP contribution < -0.4 is 10.1 Å². The Morgan fingerprint density at radius 2 is 2.27 bits per heavy atom. The molecule has 0 aliphatic rings. The largest absolute Gasteiger partial charge is 0.486 e. The molecule has 2 aromatic heterocycles. The van der Waals surface area contributed by atoms with Crippen LogP contribution in [0, 0.1) is 0 Å². The molecule has 0 fully saturated rings. The molecule has 0 saturated carbocycles. The Morgan fingerprint density at radius 3 is 3.08 bits per heavy atom. The van der Waals surface area contributed by atoms with E-state index in [1.54, 1.807) is 41.5 Å². The van der Waals surface area contributed by atoms with Gasteiger partial charge < -0.3 is 14.6 Å². The lowest BCUT2D eigenvalue weighted by molar-refractivity contribution is 0.0952. The predicted octanol–water partition coefficient (Wildman–Crippen LogP) is 1.29. The number of amides is 1. The third-order valence-electron chi connectivity index (χ3n) is 3.81. The lowest BCUT2D eigenvalue weighted by Gasteiger charge is -2.09. The summed E-state index contributed by atoms with van der Waals surface area (Å²) in [6.07, 6.45) is 6.23. The van der Waals surface area contributed by atoms with Gasteiger partial charge in [-0.15, -0.1) is 5.10 Å². The second-order valence-electron chi connectivity index (χ2n) is 5.64. The summed E-state index contributed by atoms with van der Waals surface area (Å²) in [6.45, 7) is 4.28. The highest BCUT2D eigenvalue weighted by molar-refractivity contribution is 5.94. The number of carbonyl (C=O) groups excluding carboxylic acids is 1. The Hall–Kier alpha value is -3.23. The van der Waals surface area contributed by atoms with Gasteiger partial charge in [-0.05, 0) is 42.0 Å². The molecule has 9 nitrogen and oxygen atoms in total. The van der Waals surface area contributed by atoms with Crippen molar-refractivity contribution in [3.8, 4) is 5.75 Å². The molecule has 3 aromatic rings. The molecule has 136 valence electrons. The Labute approximate surface area is 151 Å². The van der Waals surface area contributed by atoms with Gasteiger partial charge in [-0.1, -0.05) is 6.07 Å². The van der Waals surface area contributed by atoms with E-state index in [-0.39, 0.29) is 12.5 Å². The first-order chi connectivity index (χ1) is 12.8. The molecular formula is C17H21N7O2. The van der Waals surface area contributed by atoms with Gasteiger partial charge in [0.05, 0.1) is 6.33 Å². The molecule has 9 heteroatoms. The molecule has 0 spiro atoms. The average molecular weight is 355 g/mol. The molecule has 0 bridgehead atoms. The van der Waals surface area contributed by atoms with E-state index in [0.717, 1.165) is 13.0 Å². The van der Waals surface area contributed by atoms with Gasteiger partial charge in [0.2, 0.25) is 0 Å². The molecule has 3 rings (SSSR count). The highest BCUT2D eigenvalue weighted by Gasteiger charge is 2.08. The normalized spacial score (nSPS) is 10.7. The number of hydrogen-bond donors (Lipinski definition) is 1. The van der Waals surface area contributed by atoms with Crippen molar-refractivity contribution >= 4 is 5.91 Å². The highest BCUT2D eigenvalue weighted by atomic mass is 16.5. The number of ether oxygens (including phenoxy) is 1. The molecule has 1 amide bonds. The lowest BCUT2D eigenvalue weighted by atomic mass is 10.2. The fourth-order valence-corrected chi connectivity index (χ4v) is 2.43. The molecule has 26 heavy (non-hydrogen) atoms. The third-order valence-corrected chi connectivity index (χ3v) is 3.81. The van der Waals surface area contributed by atoms with Crippen LogP contribution in [0.3, 0.4) is 0 Å². The highest BCUT2D eigenvalue weighted by Crippen LogP contribution is 2.14. The van der Waals surface area contributed by atoms with E-state index in [2.05, 4.69) is 25.8 Å². The van der Waals surface area contributed by atoms with E-state index in [9.17, 15) is 4.79 Å². The number of imidazole rings is 1. The lowest BCUT2D eigenvalue weighted by Crippen LogP contribution is -2.25. The maximum Gasteiger partial charge on any atom is 0.251 e. The molecule has 0 radical (unpaired) electrons. The molecular weight excluding hydrogens is 334 g/mol. The number of rotatable bonds is 9. The summed E-state index contributed by atoms with van der Waals surface area (Å²) < 4.78 is 9.34. The second kappa shape index (κ2) is 8.75. The van der Waals surface area contributed by atoms with Gasteiger partial charge in [-0.25, -0.2) is 9.67 Å². The Kier molecular flexibility index (Phi) is 5.92. The number of benzene rings is 1. The number of hydrogen-bond acceptors (Lipinski definition) is 6. The smallest absolute Gasteiger partial charge is 0.251 e. The summed E-state index contributed by atoms with van der Waals surface area (Å²) in [5.41, 5.74) is 0.556. The van der Waals surface area contributed by atoms with E-state index in [1.165, 1.54) is 0 Å². The van der Waals surface area contributed by atoms with Crippen molar-refractivity contribution in [3.05, 3.63) is 54.4 Å². The van der Waals surface area contributed by atoms with Gasteiger partial charge >= 0.3 is 0 Å². The standard InChI is InChI=1S/C17H21N7O2/c1-2-24-16(20-21-22-24)12-26-15-6-3-5-14(11-15)17(25)19-7-4-9-23-10-8-18-13-23/h3,5-6,8,10-11,13H,2,4,7,9,12H2,1H3,(H,19,25). The van der Waals surface area contributed by atoms with Crippen molar-refractivity contribution in [2.45, 2.75) is 33.0 Å². The fourth-order valence-electron chi connectivity index (χ4n) is 2.43. The topological polar surface area (TPSA) is 99.8 Å². The molecule has 1 aromatic carbocycles. The predicted molar refractivity (Wildman–Crippen MR) is 93.4 cm³/mol. The average Bonchev–Trinajstić information content (AvgIpc) is 3.35. The number of tetrazole rings is 1. The van der Waals surface area contributed by atoms with Crippen molar-refractivity contribution in [2.24, 2.45) is 0 Å². The Morgan fingerprint density at radius 1 is 1.35 bits per heavy atom. The van der Waals surface area contributed by atoms with Crippen LogP contribution in [0.5, 0.6) is 5.75 Å². The molecule has 0 aliphatic carbocycles. The van der Waals surface area contributed by atoms with Crippen molar-refractivity contribution < 1.29 is 9.53 Å². The van der Waals surface area contributed by atoms with Crippen LogP contribution in [0.2, 0.25) is 0 Å². The minimum atomic E-state index is -0.125. The van der Waals surface area contributed by atoms with Crippen LogP contribution >= 0.6 is 0 Å². The number of aryl methyl sites for hydroxylation is 2. The summed E-state index contributed by atoms with van der Waals surface area (Å²) in [5, 5.41) is 14.3. The van der Waals surface area contributed by atoms with E-state index < -0.39 is 0 Å². The van der Waals surface area contributed by atoms with E-state index in [4.69, 9.17) is 4.74 Å². The zero-order valence-electron chi connectivity index (χ0n) is 14.6. The first-order valence-corrected chi connectivity index (χ1v) is 8.48. The van der Waals surface area contributed by atoms with E-state index >= 15 is 0 Å². The first-order valence-electron chi connectivity index (χ1n) is 8.48. The maximum absolute atomic E-state index is 12.3.